The molecule has 0 aliphatic heterocycles. The molecule has 0 fully saturated rings. The molecule has 2 aromatic carbocycles. The Labute approximate surface area is 160 Å². The number of aryl methyl sites for hydroxylation is 2. The van der Waals surface area contributed by atoms with Gasteiger partial charge in [-0.25, -0.2) is 4.79 Å². The van der Waals surface area contributed by atoms with Gasteiger partial charge in [0.25, 0.3) is 5.91 Å². The van der Waals surface area contributed by atoms with E-state index in [2.05, 4.69) is 21.2 Å². The van der Waals surface area contributed by atoms with Crippen molar-refractivity contribution in [1.29, 1.82) is 0 Å². The summed E-state index contributed by atoms with van der Waals surface area (Å²) in [6.45, 7) is 4.93. The number of rotatable bonds is 6. The normalized spacial score (nSPS) is 11.5. The van der Waals surface area contributed by atoms with E-state index >= 15 is 0 Å². The number of nitrogens with one attached hydrogen (secondary N) is 1. The number of ether oxygens (including phenoxy) is 1. The number of esters is 1. The van der Waals surface area contributed by atoms with E-state index in [4.69, 9.17) is 4.74 Å². The topological polar surface area (TPSA) is 72.5 Å². The van der Waals surface area contributed by atoms with Crippen LogP contribution in [0, 0.1) is 13.8 Å². The third kappa shape index (κ3) is 5.26. The summed E-state index contributed by atoms with van der Waals surface area (Å²) in [5.74, 6) is -1.32. The lowest BCUT2D eigenvalue weighted by atomic mass is 10.0. The number of halogens is 1. The second-order valence-corrected chi connectivity index (χ2v) is 6.97. The first-order valence-electron chi connectivity index (χ1n) is 8.11. The Balaban J connectivity index is 1.89. The van der Waals surface area contributed by atoms with Gasteiger partial charge in [-0.15, -0.1) is 0 Å². The molecule has 0 spiro atoms. The van der Waals surface area contributed by atoms with E-state index in [1.54, 1.807) is 30.3 Å². The highest BCUT2D eigenvalue weighted by molar-refractivity contribution is 9.10. The zero-order valence-electron chi connectivity index (χ0n) is 14.8. The Kier molecular flexibility index (Phi) is 6.69. The molecule has 2 aromatic rings. The number of carbonyl (C=O) groups excluding carboxylic acids is 3. The lowest BCUT2D eigenvalue weighted by Crippen LogP contribution is -2.40. The molecule has 0 bridgehead atoms. The minimum Gasteiger partial charge on any atom is -0.456 e. The molecule has 0 aromatic heterocycles. The minimum atomic E-state index is -0.863. The summed E-state index contributed by atoms with van der Waals surface area (Å²) < 4.78 is 5.90. The van der Waals surface area contributed by atoms with Crippen LogP contribution >= 0.6 is 15.9 Å². The highest BCUT2D eigenvalue weighted by atomic mass is 79.9. The van der Waals surface area contributed by atoms with E-state index < -0.39 is 12.0 Å². The van der Waals surface area contributed by atoms with Gasteiger partial charge in [-0.3, -0.25) is 9.59 Å². The monoisotopic (exact) mass is 417 g/mol. The minimum absolute atomic E-state index is 0.276. The quantitative estimate of drug-likeness (QED) is 0.575. The van der Waals surface area contributed by atoms with Crippen molar-refractivity contribution in [3.05, 3.63) is 69.2 Å². The molecule has 136 valence electrons. The van der Waals surface area contributed by atoms with Gasteiger partial charge in [0.1, 0.15) is 6.04 Å². The van der Waals surface area contributed by atoms with Gasteiger partial charge in [0.05, 0.1) is 0 Å². The fourth-order valence-electron chi connectivity index (χ4n) is 2.41. The number of hydrogen-bond acceptors (Lipinski definition) is 4. The van der Waals surface area contributed by atoms with E-state index in [0.29, 0.717) is 11.1 Å². The lowest BCUT2D eigenvalue weighted by molar-refractivity contribution is -0.144. The highest BCUT2D eigenvalue weighted by Gasteiger charge is 2.20. The molecule has 1 N–H and O–H groups in total. The molecule has 1 amide bonds. The molecule has 26 heavy (non-hydrogen) atoms. The number of hydrogen-bond donors (Lipinski definition) is 1. The van der Waals surface area contributed by atoms with Crippen molar-refractivity contribution in [2.24, 2.45) is 0 Å². The molecule has 0 saturated heterocycles. The van der Waals surface area contributed by atoms with Gasteiger partial charge >= 0.3 is 5.97 Å². The van der Waals surface area contributed by atoms with Crippen molar-refractivity contribution in [2.45, 2.75) is 26.8 Å². The standard InChI is InChI=1S/C20H20BrNO4/c1-12-4-9-17(13(2)10-12)18(23)11-26-20(25)14(3)22-19(24)15-5-7-16(21)8-6-15/h4-10,14H,11H2,1-3H3,(H,22,24)/t14-/m0/s1. The average molecular weight is 418 g/mol. The van der Waals surface area contributed by atoms with Crippen LogP contribution in [0.2, 0.25) is 0 Å². The molecule has 2 rings (SSSR count). The molecule has 0 radical (unpaired) electrons. The van der Waals surface area contributed by atoms with Gasteiger partial charge in [0.15, 0.2) is 6.61 Å². The summed E-state index contributed by atoms with van der Waals surface area (Å²) >= 11 is 3.29. The number of ketones is 1. The summed E-state index contributed by atoms with van der Waals surface area (Å²) in [5, 5.41) is 2.56. The number of benzene rings is 2. The maximum absolute atomic E-state index is 12.2. The van der Waals surface area contributed by atoms with Crippen molar-refractivity contribution in [3.63, 3.8) is 0 Å². The van der Waals surface area contributed by atoms with Crippen molar-refractivity contribution < 1.29 is 19.1 Å². The fourth-order valence-corrected chi connectivity index (χ4v) is 2.67. The average Bonchev–Trinajstić information content (AvgIpc) is 2.59. The number of Topliss-reactive ketones (excluding diaryl/α,β-unsaturated/α-hetero) is 1. The Morgan fingerprint density at radius 1 is 1.08 bits per heavy atom. The van der Waals surface area contributed by atoms with Crippen LogP contribution in [0.3, 0.4) is 0 Å². The maximum Gasteiger partial charge on any atom is 0.328 e. The summed E-state index contributed by atoms with van der Waals surface area (Å²) in [5.41, 5.74) is 2.84. The van der Waals surface area contributed by atoms with Crippen LogP contribution in [0.1, 0.15) is 38.8 Å². The summed E-state index contributed by atoms with van der Waals surface area (Å²) in [7, 11) is 0. The lowest BCUT2D eigenvalue weighted by Gasteiger charge is -2.13. The Morgan fingerprint density at radius 3 is 2.35 bits per heavy atom. The first kappa shape index (κ1) is 19.8. The van der Waals surface area contributed by atoms with Crippen LogP contribution in [0.25, 0.3) is 0 Å². The highest BCUT2D eigenvalue weighted by Crippen LogP contribution is 2.12. The van der Waals surface area contributed by atoms with Gasteiger partial charge in [-0.05, 0) is 50.6 Å². The second kappa shape index (κ2) is 8.76. The number of carbonyl (C=O) groups is 3. The molecule has 5 nitrogen and oxygen atoms in total. The van der Waals surface area contributed by atoms with Crippen molar-refractivity contribution >= 4 is 33.6 Å². The molecular formula is C20H20BrNO4. The third-order valence-electron chi connectivity index (χ3n) is 3.84. The maximum atomic E-state index is 12.2. The van der Waals surface area contributed by atoms with Crippen molar-refractivity contribution in [2.75, 3.05) is 6.61 Å². The van der Waals surface area contributed by atoms with E-state index in [-0.39, 0.29) is 18.3 Å². The summed E-state index contributed by atoms with van der Waals surface area (Å²) in [6, 6.07) is 11.3. The largest absolute Gasteiger partial charge is 0.456 e. The van der Waals surface area contributed by atoms with Gasteiger partial charge in [-0.1, -0.05) is 39.7 Å². The van der Waals surface area contributed by atoms with Crippen LogP contribution in [-0.4, -0.2) is 30.3 Å². The molecule has 0 unspecified atom stereocenters. The first-order valence-corrected chi connectivity index (χ1v) is 8.90. The zero-order valence-corrected chi connectivity index (χ0v) is 16.4. The van der Waals surface area contributed by atoms with Crippen molar-refractivity contribution in [1.82, 2.24) is 5.32 Å². The molecule has 0 saturated carbocycles. The van der Waals surface area contributed by atoms with E-state index in [1.165, 1.54) is 6.92 Å². The van der Waals surface area contributed by atoms with E-state index in [0.717, 1.165) is 15.6 Å². The SMILES string of the molecule is Cc1ccc(C(=O)COC(=O)[C@H](C)NC(=O)c2ccc(Br)cc2)c(C)c1. The van der Waals surface area contributed by atoms with E-state index in [9.17, 15) is 14.4 Å². The van der Waals surface area contributed by atoms with Gasteiger partial charge in [0.2, 0.25) is 5.78 Å². The first-order chi connectivity index (χ1) is 12.3. The second-order valence-electron chi connectivity index (χ2n) is 6.05. The van der Waals surface area contributed by atoms with Gasteiger partial charge < -0.3 is 10.1 Å². The Bertz CT molecular complexity index is 830. The molecule has 0 heterocycles. The molecule has 0 aliphatic carbocycles. The van der Waals surface area contributed by atoms with Crippen LogP contribution in [0.4, 0.5) is 0 Å². The predicted octanol–water partition coefficient (Wildman–Crippen LogP) is 3.61. The van der Waals surface area contributed by atoms with Crippen LogP contribution in [0.15, 0.2) is 46.9 Å². The van der Waals surface area contributed by atoms with Gasteiger partial charge in [-0.2, -0.15) is 0 Å². The van der Waals surface area contributed by atoms with Crippen molar-refractivity contribution in [3.8, 4) is 0 Å². The van der Waals surface area contributed by atoms with Crippen LogP contribution in [0.5, 0.6) is 0 Å². The van der Waals surface area contributed by atoms with Crippen LogP contribution < -0.4 is 5.32 Å². The fraction of sp³-hybridized carbons (Fsp3) is 0.250. The Hall–Kier alpha value is -2.47. The summed E-state index contributed by atoms with van der Waals surface area (Å²) in [4.78, 5) is 36.4. The van der Waals surface area contributed by atoms with Crippen LogP contribution in [-0.2, 0) is 9.53 Å². The molecule has 0 aliphatic rings. The molecule has 1 atom stereocenters. The molecule has 6 heteroatoms. The molecular weight excluding hydrogens is 398 g/mol. The Morgan fingerprint density at radius 2 is 1.73 bits per heavy atom. The number of amides is 1. The summed E-state index contributed by atoms with van der Waals surface area (Å²) in [6.07, 6.45) is 0. The zero-order chi connectivity index (χ0) is 19.3. The smallest absolute Gasteiger partial charge is 0.328 e. The third-order valence-corrected chi connectivity index (χ3v) is 4.36. The van der Waals surface area contributed by atoms with Gasteiger partial charge in [0, 0.05) is 15.6 Å². The predicted molar refractivity (Wildman–Crippen MR) is 102 cm³/mol. The van der Waals surface area contributed by atoms with E-state index in [1.807, 2.05) is 26.0 Å².